The summed E-state index contributed by atoms with van der Waals surface area (Å²) in [6, 6.07) is 9.23. The third-order valence-electron chi connectivity index (χ3n) is 2.46. The second kappa shape index (κ2) is 6.81. The highest BCUT2D eigenvalue weighted by Crippen LogP contribution is 2.17. The predicted octanol–water partition coefficient (Wildman–Crippen LogP) is 4.34. The van der Waals surface area contributed by atoms with Gasteiger partial charge in [-0.05, 0) is 43.5 Å². The number of aromatic nitrogens is 2. The first kappa shape index (κ1) is 14.9. The van der Waals surface area contributed by atoms with Gasteiger partial charge in [-0.25, -0.2) is 9.97 Å². The van der Waals surface area contributed by atoms with E-state index in [0.29, 0.717) is 10.7 Å². The number of halogens is 1. The second-order valence-electron chi connectivity index (χ2n) is 4.23. The van der Waals surface area contributed by atoms with E-state index in [1.807, 2.05) is 32.0 Å². The number of rotatable bonds is 4. The van der Waals surface area contributed by atoms with Gasteiger partial charge in [0.15, 0.2) is 10.9 Å². The molecule has 0 aliphatic heterocycles. The third kappa shape index (κ3) is 4.28. The van der Waals surface area contributed by atoms with Crippen LogP contribution in [0.4, 0.5) is 0 Å². The van der Waals surface area contributed by atoms with Crippen LogP contribution in [0, 0.1) is 13.8 Å². The van der Waals surface area contributed by atoms with Crippen molar-refractivity contribution in [2.75, 3.05) is 0 Å². The van der Waals surface area contributed by atoms with Gasteiger partial charge >= 0.3 is 0 Å². The van der Waals surface area contributed by atoms with E-state index in [1.165, 1.54) is 17.8 Å². The highest BCUT2D eigenvalue weighted by Gasteiger charge is 2.02. The van der Waals surface area contributed by atoms with Gasteiger partial charge in [0.25, 0.3) is 0 Å². The fourth-order valence-corrected chi connectivity index (χ4v) is 2.75. The Morgan fingerprint density at radius 2 is 1.90 bits per heavy atom. The molecule has 1 aromatic heterocycles. The second-order valence-corrected chi connectivity index (χ2v) is 6.02. The lowest BCUT2D eigenvalue weighted by Crippen LogP contribution is -1.94. The maximum Gasteiger partial charge on any atom is 0.192 e. The highest BCUT2D eigenvalue weighted by atomic mass is 79.9. The van der Waals surface area contributed by atoms with E-state index in [1.54, 1.807) is 17.5 Å². The van der Waals surface area contributed by atoms with Gasteiger partial charge < -0.3 is 0 Å². The van der Waals surface area contributed by atoms with Gasteiger partial charge in [0, 0.05) is 21.4 Å². The number of hydrogen-bond acceptors (Lipinski definition) is 4. The van der Waals surface area contributed by atoms with E-state index in [9.17, 15) is 4.79 Å². The van der Waals surface area contributed by atoms with Gasteiger partial charge in [0.2, 0.25) is 0 Å². The van der Waals surface area contributed by atoms with E-state index in [-0.39, 0.29) is 5.78 Å². The molecule has 0 unspecified atom stereocenters. The number of allylic oxidation sites excluding steroid dienone is 1. The predicted molar refractivity (Wildman–Crippen MR) is 85.0 cm³/mol. The number of nitrogens with zero attached hydrogens (tertiary/aromatic N) is 2. The molecule has 0 aliphatic carbocycles. The van der Waals surface area contributed by atoms with E-state index in [4.69, 9.17) is 0 Å². The van der Waals surface area contributed by atoms with Crippen molar-refractivity contribution < 1.29 is 4.79 Å². The molecule has 5 heteroatoms. The fraction of sp³-hybridized carbons (Fsp3) is 0.133. The van der Waals surface area contributed by atoms with Crippen LogP contribution < -0.4 is 0 Å². The zero-order valence-electron chi connectivity index (χ0n) is 11.1. The topological polar surface area (TPSA) is 42.9 Å². The van der Waals surface area contributed by atoms with Crippen molar-refractivity contribution in [1.82, 2.24) is 9.97 Å². The van der Waals surface area contributed by atoms with Gasteiger partial charge in [0.1, 0.15) is 0 Å². The quantitative estimate of drug-likeness (QED) is 0.356. The minimum absolute atomic E-state index is 0.0387. The molecule has 1 heterocycles. The summed E-state index contributed by atoms with van der Waals surface area (Å²) in [5, 5.41) is 2.37. The summed E-state index contributed by atoms with van der Waals surface area (Å²) in [6.07, 6.45) is 1.54. The molecular weight excluding hydrogens is 336 g/mol. The van der Waals surface area contributed by atoms with Crippen LogP contribution >= 0.6 is 27.7 Å². The smallest absolute Gasteiger partial charge is 0.192 e. The van der Waals surface area contributed by atoms with Crippen LogP contribution in [0.1, 0.15) is 21.7 Å². The van der Waals surface area contributed by atoms with Gasteiger partial charge in [-0.15, -0.1) is 0 Å². The molecule has 0 spiro atoms. The molecule has 1 aromatic carbocycles. The molecule has 20 heavy (non-hydrogen) atoms. The summed E-state index contributed by atoms with van der Waals surface area (Å²) in [5.74, 6) is -0.0387. The molecule has 0 saturated carbocycles. The van der Waals surface area contributed by atoms with Gasteiger partial charge in [-0.3, -0.25) is 4.79 Å². The van der Waals surface area contributed by atoms with Crippen LogP contribution in [0.3, 0.4) is 0 Å². The molecule has 0 aliphatic rings. The minimum atomic E-state index is -0.0387. The summed E-state index contributed by atoms with van der Waals surface area (Å²) in [4.78, 5) is 20.6. The average Bonchev–Trinajstić information content (AvgIpc) is 2.37. The Hall–Kier alpha value is -1.46. The van der Waals surface area contributed by atoms with E-state index in [0.717, 1.165) is 15.9 Å². The SMILES string of the molecule is Cc1cc(C)nc(SC=CC(=O)c2cccc(Br)c2)n1. The Kier molecular flexibility index (Phi) is 5.09. The normalized spacial score (nSPS) is 10.9. The molecule has 3 nitrogen and oxygen atoms in total. The molecule has 0 amide bonds. The lowest BCUT2D eigenvalue weighted by molar-refractivity contribution is 0.104. The number of aryl methyl sites for hydroxylation is 2. The van der Waals surface area contributed by atoms with Crippen LogP contribution in [0.25, 0.3) is 0 Å². The molecule has 0 atom stereocenters. The van der Waals surface area contributed by atoms with Gasteiger partial charge in [-0.1, -0.05) is 39.8 Å². The number of benzene rings is 1. The standard InChI is InChI=1S/C15H13BrN2OS/c1-10-8-11(2)18-15(17-10)20-7-6-14(19)12-4-3-5-13(16)9-12/h3-9H,1-2H3. The Morgan fingerprint density at radius 3 is 2.55 bits per heavy atom. The first-order chi connectivity index (χ1) is 9.54. The van der Waals surface area contributed by atoms with E-state index in [2.05, 4.69) is 25.9 Å². The first-order valence-electron chi connectivity index (χ1n) is 6.00. The fourth-order valence-electron chi connectivity index (χ4n) is 1.64. The molecule has 0 radical (unpaired) electrons. The van der Waals surface area contributed by atoms with Crippen LogP contribution in [0.5, 0.6) is 0 Å². The zero-order valence-corrected chi connectivity index (χ0v) is 13.5. The van der Waals surface area contributed by atoms with Crippen LogP contribution in [-0.4, -0.2) is 15.8 Å². The number of hydrogen-bond donors (Lipinski definition) is 0. The Bertz CT molecular complexity index is 650. The molecule has 2 rings (SSSR count). The number of carbonyl (C=O) groups is 1. The van der Waals surface area contributed by atoms with Crippen molar-refractivity contribution in [3.63, 3.8) is 0 Å². The minimum Gasteiger partial charge on any atom is -0.289 e. The van der Waals surface area contributed by atoms with E-state index < -0.39 is 0 Å². The van der Waals surface area contributed by atoms with E-state index >= 15 is 0 Å². The van der Waals surface area contributed by atoms with Crippen LogP contribution in [0.2, 0.25) is 0 Å². The number of thioether (sulfide) groups is 1. The number of carbonyl (C=O) groups excluding carboxylic acids is 1. The summed E-state index contributed by atoms with van der Waals surface area (Å²) in [6.45, 7) is 3.85. The monoisotopic (exact) mass is 348 g/mol. The molecule has 0 N–H and O–H groups in total. The molecule has 2 aromatic rings. The molecule has 0 saturated heterocycles. The summed E-state index contributed by atoms with van der Waals surface area (Å²) in [5.41, 5.74) is 2.50. The van der Waals surface area contributed by atoms with Crippen LogP contribution in [0.15, 0.2) is 51.4 Å². The summed E-state index contributed by atoms with van der Waals surface area (Å²) in [7, 11) is 0. The largest absolute Gasteiger partial charge is 0.289 e. The van der Waals surface area contributed by atoms with Crippen molar-refractivity contribution >= 4 is 33.5 Å². The summed E-state index contributed by atoms with van der Waals surface area (Å²) >= 11 is 4.69. The lowest BCUT2D eigenvalue weighted by atomic mass is 10.1. The van der Waals surface area contributed by atoms with Crippen LogP contribution in [-0.2, 0) is 0 Å². The Balaban J connectivity index is 2.04. The first-order valence-corrected chi connectivity index (χ1v) is 7.67. The van der Waals surface area contributed by atoms with Gasteiger partial charge in [-0.2, -0.15) is 0 Å². The van der Waals surface area contributed by atoms with Crippen molar-refractivity contribution in [1.29, 1.82) is 0 Å². The summed E-state index contributed by atoms with van der Waals surface area (Å²) < 4.78 is 0.891. The lowest BCUT2D eigenvalue weighted by Gasteiger charge is -1.99. The molecular formula is C15H13BrN2OS. The third-order valence-corrected chi connectivity index (χ3v) is 3.62. The number of ketones is 1. The maximum atomic E-state index is 12.0. The average molecular weight is 349 g/mol. The van der Waals surface area contributed by atoms with Gasteiger partial charge in [0.05, 0.1) is 0 Å². The Labute approximate surface area is 130 Å². The van der Waals surface area contributed by atoms with Crippen molar-refractivity contribution in [3.8, 4) is 0 Å². The zero-order chi connectivity index (χ0) is 14.5. The molecule has 0 fully saturated rings. The Morgan fingerprint density at radius 1 is 1.20 bits per heavy atom. The van der Waals surface area contributed by atoms with Crippen molar-refractivity contribution in [3.05, 3.63) is 63.2 Å². The van der Waals surface area contributed by atoms with Crippen molar-refractivity contribution in [2.45, 2.75) is 19.0 Å². The maximum absolute atomic E-state index is 12.0. The highest BCUT2D eigenvalue weighted by molar-refractivity contribution is 9.10. The van der Waals surface area contributed by atoms with Crippen molar-refractivity contribution in [2.24, 2.45) is 0 Å². The molecule has 102 valence electrons. The molecule has 0 bridgehead atoms.